The summed E-state index contributed by atoms with van der Waals surface area (Å²) in [5, 5.41) is 0. The number of esters is 1. The van der Waals surface area contributed by atoms with E-state index in [-0.39, 0.29) is 12.5 Å². The smallest absolute Gasteiger partial charge is 0.344 e. The van der Waals surface area contributed by atoms with Crippen molar-refractivity contribution in [2.45, 2.75) is 13.8 Å². The minimum Gasteiger partial charge on any atom is -0.487 e. The Morgan fingerprint density at radius 2 is 1.89 bits per heavy atom. The zero-order chi connectivity index (χ0) is 13.9. The van der Waals surface area contributed by atoms with Crippen molar-refractivity contribution in [3.05, 3.63) is 29.1 Å². The standard InChI is InChI=1S/C12H13F3O3/c1-6(2)5-18-11-8(14)4-7(13)9(10(11)15)12(16)17-3/h4,6H,5H2,1-3H3. The zero-order valence-corrected chi connectivity index (χ0v) is 10.2. The van der Waals surface area contributed by atoms with Crippen LogP contribution in [0.5, 0.6) is 5.75 Å². The van der Waals surface area contributed by atoms with Crippen LogP contribution in [0.1, 0.15) is 24.2 Å². The first kappa shape index (κ1) is 14.3. The van der Waals surface area contributed by atoms with Crippen molar-refractivity contribution in [1.82, 2.24) is 0 Å². The fraction of sp³-hybridized carbons (Fsp3) is 0.417. The molecule has 0 saturated heterocycles. The Kier molecular flexibility index (Phi) is 4.58. The Labute approximate surface area is 103 Å². The van der Waals surface area contributed by atoms with Gasteiger partial charge in [-0.25, -0.2) is 18.0 Å². The summed E-state index contributed by atoms with van der Waals surface area (Å²) in [6.45, 7) is 3.60. The predicted octanol–water partition coefficient (Wildman–Crippen LogP) is 2.93. The van der Waals surface area contributed by atoms with E-state index in [4.69, 9.17) is 4.74 Å². The molecule has 0 heterocycles. The van der Waals surface area contributed by atoms with Crippen molar-refractivity contribution < 1.29 is 27.4 Å². The van der Waals surface area contributed by atoms with E-state index in [9.17, 15) is 18.0 Å². The predicted molar refractivity (Wildman–Crippen MR) is 58.0 cm³/mol. The van der Waals surface area contributed by atoms with Crippen LogP contribution in [0, 0.1) is 23.4 Å². The van der Waals surface area contributed by atoms with Gasteiger partial charge in [0.2, 0.25) is 0 Å². The van der Waals surface area contributed by atoms with Gasteiger partial charge in [-0.05, 0) is 5.92 Å². The summed E-state index contributed by atoms with van der Waals surface area (Å²) in [6.07, 6.45) is 0. The normalized spacial score (nSPS) is 10.6. The molecule has 6 heteroatoms. The van der Waals surface area contributed by atoms with Gasteiger partial charge < -0.3 is 9.47 Å². The summed E-state index contributed by atoms with van der Waals surface area (Å²) < 4.78 is 49.5. The number of carbonyl (C=O) groups excluding carboxylic acids is 1. The van der Waals surface area contributed by atoms with Crippen molar-refractivity contribution in [2.75, 3.05) is 13.7 Å². The molecule has 3 nitrogen and oxygen atoms in total. The molecule has 18 heavy (non-hydrogen) atoms. The second-order valence-corrected chi connectivity index (χ2v) is 4.05. The van der Waals surface area contributed by atoms with Crippen LogP contribution < -0.4 is 4.74 Å². The maximum absolute atomic E-state index is 13.8. The van der Waals surface area contributed by atoms with E-state index in [0.717, 1.165) is 7.11 Å². The molecule has 0 saturated carbocycles. The molecule has 0 aromatic heterocycles. The molecule has 0 aliphatic heterocycles. The lowest BCUT2D eigenvalue weighted by molar-refractivity contribution is 0.0588. The third-order valence-corrected chi connectivity index (χ3v) is 2.08. The quantitative estimate of drug-likeness (QED) is 0.783. The molecule has 0 amide bonds. The highest BCUT2D eigenvalue weighted by Gasteiger charge is 2.25. The number of halogens is 3. The molecule has 0 radical (unpaired) electrons. The summed E-state index contributed by atoms with van der Waals surface area (Å²) in [5.74, 6) is -5.88. The highest BCUT2D eigenvalue weighted by Crippen LogP contribution is 2.28. The van der Waals surface area contributed by atoms with Crippen LogP contribution in [0.25, 0.3) is 0 Å². The first-order valence-electron chi connectivity index (χ1n) is 5.27. The van der Waals surface area contributed by atoms with Crippen LogP contribution in [-0.2, 0) is 4.74 Å². The highest BCUT2D eigenvalue weighted by molar-refractivity contribution is 5.90. The van der Waals surface area contributed by atoms with Gasteiger partial charge in [0.15, 0.2) is 17.4 Å². The van der Waals surface area contributed by atoms with Gasteiger partial charge in [-0.2, -0.15) is 0 Å². The van der Waals surface area contributed by atoms with Crippen LogP contribution in [0.4, 0.5) is 13.2 Å². The minimum absolute atomic E-state index is 0.0235. The number of benzene rings is 1. The van der Waals surface area contributed by atoms with E-state index >= 15 is 0 Å². The van der Waals surface area contributed by atoms with Gasteiger partial charge in [0.25, 0.3) is 0 Å². The lowest BCUT2D eigenvalue weighted by atomic mass is 10.1. The van der Waals surface area contributed by atoms with Crippen LogP contribution in [-0.4, -0.2) is 19.7 Å². The van der Waals surface area contributed by atoms with Gasteiger partial charge in [0, 0.05) is 6.07 Å². The molecule has 0 atom stereocenters. The molecule has 0 bridgehead atoms. The van der Waals surface area contributed by atoms with E-state index in [0.29, 0.717) is 6.07 Å². The minimum atomic E-state index is -1.39. The van der Waals surface area contributed by atoms with Crippen molar-refractivity contribution in [1.29, 1.82) is 0 Å². The van der Waals surface area contributed by atoms with Crippen molar-refractivity contribution >= 4 is 5.97 Å². The zero-order valence-electron chi connectivity index (χ0n) is 10.2. The van der Waals surface area contributed by atoms with E-state index in [1.165, 1.54) is 0 Å². The Bertz CT molecular complexity index is 458. The largest absolute Gasteiger partial charge is 0.487 e. The lowest BCUT2D eigenvalue weighted by Gasteiger charge is -2.12. The average molecular weight is 262 g/mol. The molecule has 0 unspecified atom stereocenters. The van der Waals surface area contributed by atoms with Gasteiger partial charge in [-0.3, -0.25) is 0 Å². The second-order valence-electron chi connectivity index (χ2n) is 4.05. The fourth-order valence-electron chi connectivity index (χ4n) is 1.24. The second kappa shape index (κ2) is 5.75. The van der Waals surface area contributed by atoms with Gasteiger partial charge in [0.05, 0.1) is 13.7 Å². The number of hydrogen-bond acceptors (Lipinski definition) is 3. The van der Waals surface area contributed by atoms with Crippen LogP contribution in [0.15, 0.2) is 6.07 Å². The lowest BCUT2D eigenvalue weighted by Crippen LogP contribution is -2.13. The topological polar surface area (TPSA) is 35.5 Å². The number of hydrogen-bond donors (Lipinski definition) is 0. The Morgan fingerprint density at radius 3 is 2.39 bits per heavy atom. The van der Waals surface area contributed by atoms with E-state index in [1.54, 1.807) is 13.8 Å². The summed E-state index contributed by atoms with van der Waals surface area (Å²) in [5.41, 5.74) is -0.961. The number of rotatable bonds is 4. The summed E-state index contributed by atoms with van der Waals surface area (Å²) in [6, 6.07) is 0.394. The third kappa shape index (κ3) is 2.94. The molecule has 0 spiro atoms. The molecule has 0 aliphatic carbocycles. The molecular weight excluding hydrogens is 249 g/mol. The van der Waals surface area contributed by atoms with Gasteiger partial charge in [-0.1, -0.05) is 13.8 Å². The first-order chi connectivity index (χ1) is 8.38. The molecule has 1 aromatic rings. The number of ether oxygens (including phenoxy) is 2. The maximum Gasteiger partial charge on any atom is 0.344 e. The maximum atomic E-state index is 13.8. The van der Waals surface area contributed by atoms with Gasteiger partial charge >= 0.3 is 5.97 Å². The van der Waals surface area contributed by atoms with Gasteiger partial charge in [0.1, 0.15) is 11.4 Å². The highest BCUT2D eigenvalue weighted by atomic mass is 19.1. The molecule has 0 fully saturated rings. The fourth-order valence-corrected chi connectivity index (χ4v) is 1.24. The van der Waals surface area contributed by atoms with Crippen LogP contribution in [0.2, 0.25) is 0 Å². The Hall–Kier alpha value is -1.72. The monoisotopic (exact) mass is 262 g/mol. The molecule has 100 valence electrons. The summed E-state index contributed by atoms with van der Waals surface area (Å²) >= 11 is 0. The molecule has 0 aliphatic rings. The Morgan fingerprint density at radius 1 is 1.28 bits per heavy atom. The van der Waals surface area contributed by atoms with Gasteiger partial charge in [-0.15, -0.1) is 0 Å². The molecule has 0 N–H and O–H groups in total. The van der Waals surface area contributed by atoms with Crippen molar-refractivity contribution in [3.8, 4) is 5.75 Å². The van der Waals surface area contributed by atoms with Crippen molar-refractivity contribution in [2.24, 2.45) is 5.92 Å². The third-order valence-electron chi connectivity index (χ3n) is 2.08. The Balaban J connectivity index is 3.22. The van der Waals surface area contributed by atoms with E-state index in [1.807, 2.05) is 0 Å². The summed E-state index contributed by atoms with van der Waals surface area (Å²) in [7, 11) is 0.971. The van der Waals surface area contributed by atoms with E-state index < -0.39 is 34.7 Å². The van der Waals surface area contributed by atoms with Crippen LogP contribution in [0.3, 0.4) is 0 Å². The van der Waals surface area contributed by atoms with Crippen LogP contribution >= 0.6 is 0 Å². The average Bonchev–Trinajstić information content (AvgIpc) is 2.27. The molecular formula is C12H13F3O3. The van der Waals surface area contributed by atoms with E-state index in [2.05, 4.69) is 4.74 Å². The number of methoxy groups -OCH3 is 1. The van der Waals surface area contributed by atoms with Crippen molar-refractivity contribution in [3.63, 3.8) is 0 Å². The number of carbonyl (C=O) groups is 1. The summed E-state index contributed by atoms with van der Waals surface area (Å²) in [4.78, 5) is 11.2. The molecule has 1 rings (SSSR count). The first-order valence-corrected chi connectivity index (χ1v) is 5.27. The SMILES string of the molecule is COC(=O)c1c(F)cc(F)c(OCC(C)C)c1F. The molecule has 1 aromatic carbocycles.